The van der Waals surface area contributed by atoms with Gasteiger partial charge in [0.25, 0.3) is 0 Å². The third kappa shape index (κ3) is 3.20. The third-order valence-electron chi connectivity index (χ3n) is 5.46. The van der Waals surface area contributed by atoms with Gasteiger partial charge in [-0.25, -0.2) is 4.39 Å². The number of hydrogen-bond donors (Lipinski definition) is 0. The fourth-order valence-corrected chi connectivity index (χ4v) is 3.98. The third-order valence-corrected chi connectivity index (χ3v) is 5.46. The molecule has 0 aromatic heterocycles. The first kappa shape index (κ1) is 17.4. The highest BCUT2D eigenvalue weighted by Crippen LogP contribution is 2.31. The Labute approximate surface area is 143 Å². The topological polar surface area (TPSA) is 32.8 Å². The fourth-order valence-electron chi connectivity index (χ4n) is 3.98. The van der Waals surface area contributed by atoms with Gasteiger partial charge < -0.3 is 9.64 Å². The van der Waals surface area contributed by atoms with Gasteiger partial charge in [-0.15, -0.1) is 0 Å². The van der Waals surface area contributed by atoms with Crippen LogP contribution in [0.3, 0.4) is 0 Å². The molecule has 1 aromatic carbocycles. The second-order valence-corrected chi connectivity index (χ2v) is 7.51. The number of morpholine rings is 1. The first-order valence-corrected chi connectivity index (χ1v) is 8.77. The number of carbonyl (C=O) groups excluding carboxylic acids is 1. The number of carbonyl (C=O) groups is 1. The highest BCUT2D eigenvalue weighted by Gasteiger charge is 2.42. The Morgan fingerprint density at radius 3 is 2.54 bits per heavy atom. The molecule has 2 aliphatic rings. The molecule has 0 aliphatic carbocycles. The first-order chi connectivity index (χ1) is 11.4. The van der Waals surface area contributed by atoms with E-state index in [9.17, 15) is 9.18 Å². The lowest BCUT2D eigenvalue weighted by Gasteiger charge is -2.34. The van der Waals surface area contributed by atoms with Gasteiger partial charge in [0.2, 0.25) is 5.91 Å². The van der Waals surface area contributed by atoms with Crippen molar-refractivity contribution in [3.8, 4) is 0 Å². The molecule has 2 heterocycles. The first-order valence-electron chi connectivity index (χ1n) is 8.77. The summed E-state index contributed by atoms with van der Waals surface area (Å²) in [7, 11) is 0. The molecule has 0 unspecified atom stereocenters. The quantitative estimate of drug-likeness (QED) is 0.850. The number of halogens is 1. The molecule has 5 heteroatoms. The predicted molar refractivity (Wildman–Crippen MR) is 91.4 cm³/mol. The van der Waals surface area contributed by atoms with Gasteiger partial charge in [-0.05, 0) is 25.8 Å². The largest absolute Gasteiger partial charge is 0.379 e. The van der Waals surface area contributed by atoms with Crippen LogP contribution in [0.15, 0.2) is 24.3 Å². The molecule has 2 fully saturated rings. The lowest BCUT2D eigenvalue weighted by atomic mass is 9.83. The second kappa shape index (κ2) is 6.81. The van der Waals surface area contributed by atoms with Crippen LogP contribution in [0.4, 0.5) is 4.39 Å². The fraction of sp³-hybridized carbons (Fsp3) is 0.632. The number of hydrogen-bond acceptors (Lipinski definition) is 3. The molecule has 132 valence electrons. The molecule has 2 saturated heterocycles. The van der Waals surface area contributed by atoms with Crippen LogP contribution < -0.4 is 0 Å². The monoisotopic (exact) mass is 334 g/mol. The van der Waals surface area contributed by atoms with Crippen LogP contribution in [0.25, 0.3) is 0 Å². The average molecular weight is 334 g/mol. The summed E-state index contributed by atoms with van der Waals surface area (Å²) in [5.74, 6) is 0.117. The van der Waals surface area contributed by atoms with E-state index in [1.165, 1.54) is 6.07 Å². The number of nitrogens with zero attached hydrogens (tertiary/aromatic N) is 2. The second-order valence-electron chi connectivity index (χ2n) is 7.51. The lowest BCUT2D eigenvalue weighted by Crippen LogP contribution is -2.48. The van der Waals surface area contributed by atoms with Crippen LogP contribution in [-0.2, 0) is 14.9 Å². The Hall–Kier alpha value is -1.46. The number of rotatable bonds is 3. The smallest absolute Gasteiger partial charge is 0.232 e. The van der Waals surface area contributed by atoms with Gasteiger partial charge in [-0.2, -0.15) is 0 Å². The summed E-state index contributed by atoms with van der Waals surface area (Å²) in [6, 6.07) is 6.96. The van der Waals surface area contributed by atoms with Crippen molar-refractivity contribution in [1.29, 1.82) is 0 Å². The molecule has 0 spiro atoms. The molecule has 1 amide bonds. The van der Waals surface area contributed by atoms with Crippen molar-refractivity contribution in [2.75, 3.05) is 39.4 Å². The summed E-state index contributed by atoms with van der Waals surface area (Å²) < 4.78 is 19.6. The highest BCUT2D eigenvalue weighted by atomic mass is 19.1. The van der Waals surface area contributed by atoms with E-state index in [0.717, 1.165) is 39.4 Å². The van der Waals surface area contributed by atoms with E-state index in [4.69, 9.17) is 4.74 Å². The van der Waals surface area contributed by atoms with Crippen molar-refractivity contribution >= 4 is 5.91 Å². The molecule has 3 rings (SSSR count). The maximum absolute atomic E-state index is 14.2. The Balaban J connectivity index is 1.74. The van der Waals surface area contributed by atoms with E-state index < -0.39 is 5.41 Å². The molecule has 2 aliphatic heterocycles. The van der Waals surface area contributed by atoms with Crippen LogP contribution in [-0.4, -0.2) is 61.1 Å². The minimum atomic E-state index is -0.856. The van der Waals surface area contributed by atoms with Crippen LogP contribution in [0, 0.1) is 11.7 Å². The van der Waals surface area contributed by atoms with Gasteiger partial charge >= 0.3 is 0 Å². The Morgan fingerprint density at radius 2 is 1.88 bits per heavy atom. The van der Waals surface area contributed by atoms with E-state index in [2.05, 4.69) is 11.8 Å². The molecular formula is C19H27FN2O2. The minimum Gasteiger partial charge on any atom is -0.379 e. The molecule has 0 bridgehead atoms. The molecule has 2 atom stereocenters. The van der Waals surface area contributed by atoms with Crippen LogP contribution in [0.2, 0.25) is 0 Å². The van der Waals surface area contributed by atoms with Crippen LogP contribution in [0.1, 0.15) is 26.3 Å². The number of likely N-dealkylation sites (tertiary alicyclic amines) is 1. The summed E-state index contributed by atoms with van der Waals surface area (Å²) in [5, 5.41) is 0. The van der Waals surface area contributed by atoms with Gasteiger partial charge in [0.05, 0.1) is 18.6 Å². The zero-order valence-corrected chi connectivity index (χ0v) is 14.8. The molecular weight excluding hydrogens is 307 g/mol. The van der Waals surface area contributed by atoms with E-state index in [1.807, 2.05) is 18.7 Å². The summed E-state index contributed by atoms with van der Waals surface area (Å²) >= 11 is 0. The molecule has 0 saturated carbocycles. The van der Waals surface area contributed by atoms with Gasteiger partial charge in [-0.1, -0.05) is 25.1 Å². The van der Waals surface area contributed by atoms with Gasteiger partial charge in [0.1, 0.15) is 5.82 Å². The Morgan fingerprint density at radius 1 is 1.21 bits per heavy atom. The summed E-state index contributed by atoms with van der Waals surface area (Å²) in [6.45, 7) is 10.7. The van der Waals surface area contributed by atoms with Crippen molar-refractivity contribution in [1.82, 2.24) is 9.80 Å². The number of ether oxygens (including phenoxy) is 1. The van der Waals surface area contributed by atoms with E-state index in [-0.39, 0.29) is 11.7 Å². The molecule has 1 aromatic rings. The number of benzene rings is 1. The highest BCUT2D eigenvalue weighted by molar-refractivity contribution is 5.87. The van der Waals surface area contributed by atoms with Crippen molar-refractivity contribution in [2.24, 2.45) is 5.92 Å². The normalized spacial score (nSPS) is 25.9. The molecule has 24 heavy (non-hydrogen) atoms. The van der Waals surface area contributed by atoms with Crippen molar-refractivity contribution in [3.05, 3.63) is 35.6 Å². The van der Waals surface area contributed by atoms with Crippen molar-refractivity contribution in [2.45, 2.75) is 32.2 Å². The SMILES string of the molecule is C[C@H]1CN(C(=O)C(C)(C)c2ccccc2F)C[C@@H]1N1CCOCC1. The summed E-state index contributed by atoms with van der Waals surface area (Å²) in [5.41, 5.74) is -0.386. The lowest BCUT2D eigenvalue weighted by molar-refractivity contribution is -0.135. The predicted octanol–water partition coefficient (Wildman–Crippen LogP) is 2.28. The van der Waals surface area contributed by atoms with E-state index in [1.54, 1.807) is 18.2 Å². The molecule has 0 radical (unpaired) electrons. The van der Waals surface area contributed by atoms with E-state index in [0.29, 0.717) is 17.5 Å². The Bertz CT molecular complexity index is 599. The summed E-state index contributed by atoms with van der Waals surface area (Å²) in [6.07, 6.45) is 0. The zero-order chi connectivity index (χ0) is 17.3. The summed E-state index contributed by atoms with van der Waals surface area (Å²) in [4.78, 5) is 17.5. The molecule has 4 nitrogen and oxygen atoms in total. The van der Waals surface area contributed by atoms with Gasteiger partial charge in [0, 0.05) is 37.8 Å². The van der Waals surface area contributed by atoms with Crippen molar-refractivity contribution < 1.29 is 13.9 Å². The molecule has 0 N–H and O–H groups in total. The van der Waals surface area contributed by atoms with Crippen LogP contribution in [0.5, 0.6) is 0 Å². The van der Waals surface area contributed by atoms with E-state index >= 15 is 0 Å². The van der Waals surface area contributed by atoms with Gasteiger partial charge in [-0.3, -0.25) is 9.69 Å². The number of amides is 1. The van der Waals surface area contributed by atoms with Gasteiger partial charge in [0.15, 0.2) is 0 Å². The van der Waals surface area contributed by atoms with Crippen molar-refractivity contribution in [3.63, 3.8) is 0 Å². The maximum Gasteiger partial charge on any atom is 0.232 e. The maximum atomic E-state index is 14.2. The minimum absolute atomic E-state index is 0.00945. The Kier molecular flexibility index (Phi) is 4.92. The van der Waals surface area contributed by atoms with Crippen LogP contribution >= 0.6 is 0 Å². The standard InChI is InChI=1S/C19H27FN2O2/c1-14-12-22(13-17(14)21-8-10-24-11-9-21)18(23)19(2,3)15-6-4-5-7-16(15)20/h4-7,14,17H,8-13H2,1-3H3/t14-,17-/m0/s1. The average Bonchev–Trinajstić information content (AvgIpc) is 2.97. The zero-order valence-electron chi connectivity index (χ0n) is 14.8.